The van der Waals surface area contributed by atoms with Crippen LogP contribution in [-0.2, 0) is 12.7 Å². The van der Waals surface area contributed by atoms with E-state index in [1.54, 1.807) is 18.2 Å². The molecule has 28 heavy (non-hydrogen) atoms. The van der Waals surface area contributed by atoms with Crippen LogP contribution in [0.15, 0.2) is 64.4 Å². The van der Waals surface area contributed by atoms with Crippen molar-refractivity contribution in [1.29, 1.82) is 0 Å². The van der Waals surface area contributed by atoms with Crippen LogP contribution in [0.1, 0.15) is 11.1 Å². The molecule has 0 aliphatic heterocycles. The Hall–Kier alpha value is -3.62. The number of rotatable bonds is 3. The van der Waals surface area contributed by atoms with Gasteiger partial charge in [-0.2, -0.15) is 13.2 Å². The molecule has 6 nitrogen and oxygen atoms in total. The topological polar surface area (TPSA) is 83.5 Å². The van der Waals surface area contributed by atoms with Crippen molar-refractivity contribution < 1.29 is 13.2 Å². The van der Waals surface area contributed by atoms with Crippen molar-refractivity contribution in [2.24, 2.45) is 0 Å². The molecule has 4 rings (SSSR count). The molecule has 0 radical (unpaired) electrons. The van der Waals surface area contributed by atoms with Crippen molar-refractivity contribution in [2.75, 3.05) is 0 Å². The van der Waals surface area contributed by atoms with E-state index in [4.69, 9.17) is 0 Å². The maximum atomic E-state index is 13.0. The Labute approximate surface area is 155 Å². The van der Waals surface area contributed by atoms with Crippen molar-refractivity contribution in [3.63, 3.8) is 0 Å². The van der Waals surface area contributed by atoms with Crippen LogP contribution in [0.4, 0.5) is 13.2 Å². The second kappa shape index (κ2) is 6.52. The average Bonchev–Trinajstić information content (AvgIpc) is 2.97. The van der Waals surface area contributed by atoms with Crippen LogP contribution < -0.4 is 11.2 Å². The number of alkyl halides is 3. The third kappa shape index (κ3) is 3.34. The Morgan fingerprint density at radius 3 is 2.57 bits per heavy atom. The van der Waals surface area contributed by atoms with E-state index in [0.29, 0.717) is 27.9 Å². The number of pyridine rings is 2. The van der Waals surface area contributed by atoms with Gasteiger partial charge in [-0.25, -0.2) is 9.78 Å². The van der Waals surface area contributed by atoms with Gasteiger partial charge in [-0.1, -0.05) is 18.2 Å². The van der Waals surface area contributed by atoms with Gasteiger partial charge in [0.05, 0.1) is 17.6 Å². The number of nitrogens with zero attached hydrogens (tertiary/aromatic N) is 2. The largest absolute Gasteiger partial charge is 0.416 e. The molecule has 4 aromatic rings. The molecule has 0 saturated carbocycles. The zero-order valence-corrected chi connectivity index (χ0v) is 14.2. The highest BCUT2D eigenvalue weighted by Gasteiger charge is 2.30. The summed E-state index contributed by atoms with van der Waals surface area (Å²) in [5, 5.41) is 0. The summed E-state index contributed by atoms with van der Waals surface area (Å²) in [4.78, 5) is 32.8. The van der Waals surface area contributed by atoms with Crippen molar-refractivity contribution in [2.45, 2.75) is 12.7 Å². The lowest BCUT2D eigenvalue weighted by Gasteiger charge is -2.09. The van der Waals surface area contributed by atoms with Gasteiger partial charge in [0.25, 0.3) is 0 Å². The fourth-order valence-corrected chi connectivity index (χ4v) is 2.95. The summed E-state index contributed by atoms with van der Waals surface area (Å²) < 4.78 is 40.4. The van der Waals surface area contributed by atoms with Crippen LogP contribution in [0.5, 0.6) is 0 Å². The highest BCUT2D eigenvalue weighted by atomic mass is 19.4. The van der Waals surface area contributed by atoms with E-state index in [1.165, 1.54) is 29.1 Å². The highest BCUT2D eigenvalue weighted by molar-refractivity contribution is 5.78. The first-order chi connectivity index (χ1) is 13.3. The third-order valence-electron chi connectivity index (χ3n) is 4.34. The molecule has 0 bridgehead atoms. The molecule has 0 saturated heterocycles. The second-order valence-corrected chi connectivity index (χ2v) is 6.25. The summed E-state index contributed by atoms with van der Waals surface area (Å²) in [6.45, 7) is 0.170. The number of fused-ring (bicyclic) bond motifs is 1. The van der Waals surface area contributed by atoms with Gasteiger partial charge < -0.3 is 4.98 Å². The molecule has 3 aromatic heterocycles. The first-order valence-corrected chi connectivity index (χ1v) is 8.25. The average molecular weight is 386 g/mol. The molecule has 0 amide bonds. The van der Waals surface area contributed by atoms with Gasteiger partial charge in [0, 0.05) is 24.0 Å². The smallest absolute Gasteiger partial charge is 0.329 e. The molecular weight excluding hydrogens is 373 g/mol. The van der Waals surface area contributed by atoms with Crippen LogP contribution in [-0.4, -0.2) is 19.5 Å². The molecule has 0 spiro atoms. The fraction of sp³-hybridized carbons (Fsp3) is 0.105. The molecule has 2 N–H and O–H groups in total. The Morgan fingerprint density at radius 2 is 1.86 bits per heavy atom. The van der Waals surface area contributed by atoms with E-state index in [9.17, 15) is 22.8 Å². The molecule has 3 heterocycles. The minimum Gasteiger partial charge on any atom is -0.329 e. The predicted molar refractivity (Wildman–Crippen MR) is 97.0 cm³/mol. The number of aromatic nitrogens is 4. The zero-order chi connectivity index (χ0) is 19.9. The standard InChI is InChI=1S/C19H13F3N4O2/c20-19(21,22)14-3-1-2-12(6-14)13-7-15-17(24-9-13)25-18(28)26(15)10-11-4-5-16(27)23-8-11/h1-9H,10H2,(H,23,27)(H,24,25,28). The van der Waals surface area contributed by atoms with Crippen LogP contribution in [0, 0.1) is 0 Å². The van der Waals surface area contributed by atoms with Gasteiger partial charge >= 0.3 is 11.9 Å². The molecule has 0 aliphatic carbocycles. The maximum absolute atomic E-state index is 13.0. The number of nitrogens with one attached hydrogen (secondary N) is 2. The van der Waals surface area contributed by atoms with E-state index in [-0.39, 0.29) is 12.1 Å². The first kappa shape index (κ1) is 17.8. The van der Waals surface area contributed by atoms with Gasteiger partial charge in [0.1, 0.15) is 0 Å². The number of hydrogen-bond donors (Lipinski definition) is 2. The molecule has 142 valence electrons. The molecule has 0 unspecified atom stereocenters. The lowest BCUT2D eigenvalue weighted by Crippen LogP contribution is -2.18. The van der Waals surface area contributed by atoms with E-state index in [2.05, 4.69) is 15.0 Å². The minimum atomic E-state index is -4.45. The van der Waals surface area contributed by atoms with Crippen molar-refractivity contribution >= 4 is 11.2 Å². The van der Waals surface area contributed by atoms with Crippen LogP contribution in [0.2, 0.25) is 0 Å². The second-order valence-electron chi connectivity index (χ2n) is 6.25. The minimum absolute atomic E-state index is 0.170. The normalized spacial score (nSPS) is 11.8. The lowest BCUT2D eigenvalue weighted by molar-refractivity contribution is -0.137. The Bertz CT molecular complexity index is 1260. The summed E-state index contributed by atoms with van der Waals surface area (Å²) >= 11 is 0. The summed E-state index contributed by atoms with van der Waals surface area (Å²) in [5.41, 5.74) is 0.827. The molecule has 0 fully saturated rings. The fourth-order valence-electron chi connectivity index (χ4n) is 2.95. The van der Waals surface area contributed by atoms with E-state index < -0.39 is 17.4 Å². The van der Waals surface area contributed by atoms with E-state index in [0.717, 1.165) is 12.1 Å². The summed E-state index contributed by atoms with van der Waals surface area (Å²) in [6, 6.07) is 9.47. The molecular formula is C19H13F3N4O2. The van der Waals surface area contributed by atoms with Gasteiger partial charge in [-0.05, 0) is 29.3 Å². The molecule has 0 aliphatic rings. The Morgan fingerprint density at radius 1 is 1.04 bits per heavy atom. The van der Waals surface area contributed by atoms with Crippen LogP contribution in [0.3, 0.4) is 0 Å². The SMILES string of the molecule is O=c1ccc(Cn2c(=O)[nH]c3ncc(-c4cccc(C(F)(F)F)c4)cc32)c[nH]1. The first-order valence-electron chi connectivity index (χ1n) is 8.25. The maximum Gasteiger partial charge on any atom is 0.416 e. The van der Waals surface area contributed by atoms with E-state index >= 15 is 0 Å². The summed E-state index contributed by atoms with van der Waals surface area (Å²) in [5.74, 6) is 0. The van der Waals surface area contributed by atoms with Gasteiger partial charge in [-0.15, -0.1) is 0 Å². The van der Waals surface area contributed by atoms with Crippen molar-refractivity contribution in [1.82, 2.24) is 19.5 Å². The van der Waals surface area contributed by atoms with Crippen molar-refractivity contribution in [3.05, 3.63) is 86.8 Å². The molecule has 9 heteroatoms. The van der Waals surface area contributed by atoms with Gasteiger partial charge in [0.15, 0.2) is 5.65 Å². The Kier molecular flexibility index (Phi) is 4.14. The quantitative estimate of drug-likeness (QED) is 0.567. The lowest BCUT2D eigenvalue weighted by atomic mass is 10.0. The predicted octanol–water partition coefficient (Wildman–Crippen LogP) is 3.15. The molecule has 1 aromatic carbocycles. The number of benzene rings is 1. The number of imidazole rings is 1. The Balaban J connectivity index is 1.80. The van der Waals surface area contributed by atoms with Gasteiger partial charge in [-0.3, -0.25) is 14.3 Å². The summed E-state index contributed by atoms with van der Waals surface area (Å²) in [6.07, 6.45) is -1.54. The zero-order valence-electron chi connectivity index (χ0n) is 14.2. The number of halogens is 3. The van der Waals surface area contributed by atoms with E-state index in [1.807, 2.05) is 0 Å². The van der Waals surface area contributed by atoms with Gasteiger partial charge in [0.2, 0.25) is 5.56 Å². The number of hydrogen-bond acceptors (Lipinski definition) is 3. The monoisotopic (exact) mass is 386 g/mol. The number of aromatic amines is 2. The third-order valence-corrected chi connectivity index (χ3v) is 4.34. The highest BCUT2D eigenvalue weighted by Crippen LogP contribution is 2.32. The molecule has 0 atom stereocenters. The van der Waals surface area contributed by atoms with Crippen molar-refractivity contribution in [3.8, 4) is 11.1 Å². The van der Waals surface area contributed by atoms with Crippen LogP contribution in [0.25, 0.3) is 22.3 Å². The van der Waals surface area contributed by atoms with Crippen LogP contribution >= 0.6 is 0 Å². The number of H-pyrrole nitrogens is 2. The summed E-state index contributed by atoms with van der Waals surface area (Å²) in [7, 11) is 0.